The van der Waals surface area contributed by atoms with Crippen LogP contribution in [0, 0.1) is 0 Å². The van der Waals surface area contributed by atoms with Gasteiger partial charge in [0.2, 0.25) is 0 Å². The molecule has 1 aromatic carbocycles. The summed E-state index contributed by atoms with van der Waals surface area (Å²) < 4.78 is 0. The molecule has 0 spiro atoms. The summed E-state index contributed by atoms with van der Waals surface area (Å²) >= 11 is 1.47. The minimum atomic E-state index is -0.898. The monoisotopic (exact) mass is 180 g/mol. The molecule has 1 N–H and O–H groups in total. The lowest BCUT2D eigenvalue weighted by atomic mass is 10.2. The van der Waals surface area contributed by atoms with Crippen LogP contribution < -0.4 is 0 Å². The van der Waals surface area contributed by atoms with Crippen molar-refractivity contribution in [2.45, 2.75) is 4.90 Å². The number of rotatable bonds is 3. The summed E-state index contributed by atoms with van der Waals surface area (Å²) in [7, 11) is 0. The average molecular weight is 180 g/mol. The van der Waals surface area contributed by atoms with Gasteiger partial charge in [-0.25, -0.2) is 4.79 Å². The van der Waals surface area contributed by atoms with Crippen LogP contribution in [0.25, 0.3) is 0 Å². The molecular weight excluding hydrogens is 172 g/mol. The molecule has 0 aliphatic carbocycles. The molecule has 0 aliphatic heterocycles. The smallest absolute Gasteiger partial charge is 0.335 e. The third-order valence-electron chi connectivity index (χ3n) is 1.32. The zero-order valence-electron chi connectivity index (χ0n) is 6.36. The first kappa shape index (κ1) is 8.87. The summed E-state index contributed by atoms with van der Waals surface area (Å²) in [4.78, 5) is 11.4. The first-order valence-electron chi connectivity index (χ1n) is 3.35. The van der Waals surface area contributed by atoms with Gasteiger partial charge < -0.3 is 5.11 Å². The summed E-state index contributed by atoms with van der Waals surface area (Å²) in [5.74, 6) is -0.898. The van der Waals surface area contributed by atoms with E-state index in [1.807, 2.05) is 0 Å². The van der Waals surface area contributed by atoms with E-state index in [9.17, 15) is 4.79 Å². The Hall–Kier alpha value is -1.22. The first-order valence-corrected chi connectivity index (χ1v) is 4.23. The second-order valence-corrected chi connectivity index (χ2v) is 3.15. The van der Waals surface area contributed by atoms with E-state index < -0.39 is 5.97 Å². The SMILES string of the molecule is C=CSc1ccc(C(=O)O)cc1. The van der Waals surface area contributed by atoms with Gasteiger partial charge in [0.15, 0.2) is 0 Å². The number of carboxylic acids is 1. The fraction of sp³-hybridized carbons (Fsp3) is 0. The summed E-state index contributed by atoms with van der Waals surface area (Å²) in [6.07, 6.45) is 0. The third kappa shape index (κ3) is 2.13. The van der Waals surface area contributed by atoms with Crippen LogP contribution >= 0.6 is 11.8 Å². The van der Waals surface area contributed by atoms with Crippen LogP contribution in [0.2, 0.25) is 0 Å². The number of carboxylic acid groups (broad SMARTS) is 1. The number of carbonyl (C=O) groups is 1. The molecule has 0 saturated carbocycles. The van der Waals surface area contributed by atoms with Gasteiger partial charge in [0.1, 0.15) is 0 Å². The van der Waals surface area contributed by atoms with Crippen molar-refractivity contribution in [3.8, 4) is 0 Å². The number of hydrogen-bond acceptors (Lipinski definition) is 2. The van der Waals surface area contributed by atoms with Crippen LogP contribution in [0.1, 0.15) is 10.4 Å². The molecule has 0 radical (unpaired) electrons. The molecule has 0 fully saturated rings. The van der Waals surface area contributed by atoms with Crippen LogP contribution in [0.5, 0.6) is 0 Å². The lowest BCUT2D eigenvalue weighted by molar-refractivity contribution is 0.0697. The fourth-order valence-electron chi connectivity index (χ4n) is 0.772. The van der Waals surface area contributed by atoms with Gasteiger partial charge in [-0.1, -0.05) is 18.3 Å². The van der Waals surface area contributed by atoms with E-state index in [0.29, 0.717) is 5.56 Å². The molecule has 0 bridgehead atoms. The molecule has 0 amide bonds. The summed E-state index contributed by atoms with van der Waals surface area (Å²) in [5.41, 5.74) is 0.309. The van der Waals surface area contributed by atoms with Crippen LogP contribution in [-0.2, 0) is 0 Å². The van der Waals surface area contributed by atoms with Crippen LogP contribution in [-0.4, -0.2) is 11.1 Å². The molecule has 62 valence electrons. The minimum Gasteiger partial charge on any atom is -0.478 e. The molecule has 0 aliphatic rings. The second kappa shape index (κ2) is 3.97. The predicted octanol–water partition coefficient (Wildman–Crippen LogP) is 2.62. The van der Waals surface area contributed by atoms with Crippen molar-refractivity contribution in [1.82, 2.24) is 0 Å². The van der Waals surface area contributed by atoms with Gasteiger partial charge >= 0.3 is 5.97 Å². The summed E-state index contributed by atoms with van der Waals surface area (Å²) in [6, 6.07) is 6.67. The van der Waals surface area contributed by atoms with Crippen molar-refractivity contribution in [2.24, 2.45) is 0 Å². The van der Waals surface area contributed by atoms with E-state index in [0.717, 1.165) is 4.90 Å². The molecule has 0 heterocycles. The van der Waals surface area contributed by atoms with E-state index in [4.69, 9.17) is 5.11 Å². The molecule has 3 heteroatoms. The maximum Gasteiger partial charge on any atom is 0.335 e. The van der Waals surface area contributed by atoms with Gasteiger partial charge in [0.05, 0.1) is 5.56 Å². The highest BCUT2D eigenvalue weighted by molar-refractivity contribution is 8.02. The largest absolute Gasteiger partial charge is 0.478 e. The Morgan fingerprint density at radius 1 is 1.42 bits per heavy atom. The molecule has 0 aromatic heterocycles. The van der Waals surface area contributed by atoms with Crippen molar-refractivity contribution in [3.05, 3.63) is 41.8 Å². The van der Waals surface area contributed by atoms with Gasteiger partial charge in [-0.05, 0) is 29.7 Å². The maximum absolute atomic E-state index is 10.4. The van der Waals surface area contributed by atoms with Crippen molar-refractivity contribution >= 4 is 17.7 Å². The molecule has 0 unspecified atom stereocenters. The number of hydrogen-bond donors (Lipinski definition) is 1. The molecular formula is C9H8O2S. The maximum atomic E-state index is 10.4. The summed E-state index contributed by atoms with van der Waals surface area (Å²) in [5, 5.41) is 10.3. The fourth-order valence-corrected chi connectivity index (χ4v) is 1.26. The summed E-state index contributed by atoms with van der Waals surface area (Å²) in [6.45, 7) is 3.56. The standard InChI is InChI=1S/C9H8O2S/c1-2-12-8-5-3-7(4-6-8)9(10)11/h2-6H,1H2,(H,10,11). The Morgan fingerprint density at radius 3 is 2.42 bits per heavy atom. The van der Waals surface area contributed by atoms with Gasteiger partial charge in [0, 0.05) is 4.90 Å². The average Bonchev–Trinajstić information content (AvgIpc) is 2.06. The van der Waals surface area contributed by atoms with Gasteiger partial charge in [-0.3, -0.25) is 0 Å². The Labute approximate surface area is 74.9 Å². The second-order valence-electron chi connectivity index (χ2n) is 2.11. The van der Waals surface area contributed by atoms with Crippen LogP contribution in [0.3, 0.4) is 0 Å². The number of benzene rings is 1. The Kier molecular flexibility index (Phi) is 2.94. The van der Waals surface area contributed by atoms with E-state index in [2.05, 4.69) is 6.58 Å². The zero-order chi connectivity index (χ0) is 8.97. The predicted molar refractivity (Wildman–Crippen MR) is 49.5 cm³/mol. The van der Waals surface area contributed by atoms with Crippen LogP contribution in [0.15, 0.2) is 41.1 Å². The molecule has 0 saturated heterocycles. The minimum absolute atomic E-state index is 0.309. The van der Waals surface area contributed by atoms with Crippen molar-refractivity contribution < 1.29 is 9.90 Å². The number of thioether (sulfide) groups is 1. The van der Waals surface area contributed by atoms with Gasteiger partial charge in [-0.2, -0.15) is 0 Å². The Balaban J connectivity index is 2.85. The molecule has 2 nitrogen and oxygen atoms in total. The Bertz CT molecular complexity index is 290. The normalized spacial score (nSPS) is 9.33. The van der Waals surface area contributed by atoms with Crippen molar-refractivity contribution in [3.63, 3.8) is 0 Å². The highest BCUT2D eigenvalue weighted by atomic mass is 32.2. The molecule has 1 rings (SSSR count). The quantitative estimate of drug-likeness (QED) is 0.726. The van der Waals surface area contributed by atoms with Crippen molar-refractivity contribution in [2.75, 3.05) is 0 Å². The van der Waals surface area contributed by atoms with Gasteiger partial charge in [-0.15, -0.1) is 0 Å². The molecule has 12 heavy (non-hydrogen) atoms. The zero-order valence-corrected chi connectivity index (χ0v) is 7.17. The van der Waals surface area contributed by atoms with E-state index in [1.165, 1.54) is 11.8 Å². The lowest BCUT2D eigenvalue weighted by Gasteiger charge is -1.96. The van der Waals surface area contributed by atoms with E-state index in [-0.39, 0.29) is 0 Å². The first-order chi connectivity index (χ1) is 5.74. The highest BCUT2D eigenvalue weighted by Gasteiger charge is 2.00. The van der Waals surface area contributed by atoms with E-state index in [1.54, 1.807) is 29.7 Å². The molecule has 0 atom stereocenters. The highest BCUT2D eigenvalue weighted by Crippen LogP contribution is 2.18. The topological polar surface area (TPSA) is 37.3 Å². The molecule has 1 aromatic rings. The van der Waals surface area contributed by atoms with Crippen molar-refractivity contribution in [1.29, 1.82) is 0 Å². The number of aromatic carboxylic acids is 1. The third-order valence-corrected chi connectivity index (χ3v) is 2.03. The van der Waals surface area contributed by atoms with E-state index >= 15 is 0 Å². The lowest BCUT2D eigenvalue weighted by Crippen LogP contribution is -1.94. The van der Waals surface area contributed by atoms with Crippen LogP contribution in [0.4, 0.5) is 0 Å². The van der Waals surface area contributed by atoms with Gasteiger partial charge in [0.25, 0.3) is 0 Å². The Morgan fingerprint density at radius 2 is 2.00 bits per heavy atom.